The summed E-state index contributed by atoms with van der Waals surface area (Å²) in [6.07, 6.45) is 3.59. The Morgan fingerprint density at radius 3 is 2.73 bits per heavy atom. The molecule has 3 heteroatoms. The molecule has 1 N–H and O–H groups in total. The molecule has 0 aromatic carbocycles. The smallest absolute Gasteiger partial charge is 0.133 e. The number of nitrogens with one attached hydrogen (secondary N) is 1. The van der Waals surface area contributed by atoms with Crippen molar-refractivity contribution in [1.29, 1.82) is 0 Å². The highest BCUT2D eigenvalue weighted by atomic mass is 16.1. The molecule has 0 saturated carbocycles. The van der Waals surface area contributed by atoms with Crippen molar-refractivity contribution in [3.8, 4) is 0 Å². The van der Waals surface area contributed by atoms with E-state index in [0.717, 1.165) is 19.4 Å². The summed E-state index contributed by atoms with van der Waals surface area (Å²) < 4.78 is 0. The Kier molecular flexibility index (Phi) is 4.16. The predicted octanol–water partition coefficient (Wildman–Crippen LogP) is -0.129. The van der Waals surface area contributed by atoms with Crippen LogP contribution in [0.1, 0.15) is 12.8 Å². The van der Waals surface area contributed by atoms with Crippen LogP contribution in [0.2, 0.25) is 0 Å². The van der Waals surface area contributed by atoms with E-state index in [1.165, 1.54) is 25.9 Å². The Morgan fingerprint density at radius 1 is 1.36 bits per heavy atom. The van der Waals surface area contributed by atoms with Gasteiger partial charge in [0, 0.05) is 13.1 Å². The van der Waals surface area contributed by atoms with Crippen LogP contribution in [0.5, 0.6) is 0 Å². The van der Waals surface area contributed by atoms with Crippen LogP contribution in [-0.4, -0.2) is 43.9 Å². The normalized spacial score (nSPS) is 18.9. The number of hydrogen-bond acceptors (Lipinski definition) is 3. The lowest BCUT2D eigenvalue weighted by Crippen LogP contribution is -2.30. The van der Waals surface area contributed by atoms with Gasteiger partial charge < -0.3 is 15.0 Å². The van der Waals surface area contributed by atoms with Crippen LogP contribution in [0, 0.1) is 0 Å². The summed E-state index contributed by atoms with van der Waals surface area (Å²) in [6.45, 7) is 5.01. The summed E-state index contributed by atoms with van der Waals surface area (Å²) in [5.41, 5.74) is 0. The highest BCUT2D eigenvalue weighted by Crippen LogP contribution is 2.05. The summed E-state index contributed by atoms with van der Waals surface area (Å²) >= 11 is 0. The van der Waals surface area contributed by atoms with Gasteiger partial charge in [-0.3, -0.25) is 0 Å². The molecule has 0 atom stereocenters. The molecular weight excluding hydrogens is 140 g/mol. The van der Waals surface area contributed by atoms with Crippen molar-refractivity contribution >= 4 is 6.29 Å². The third kappa shape index (κ3) is 3.49. The van der Waals surface area contributed by atoms with Gasteiger partial charge in [0.25, 0.3) is 0 Å². The van der Waals surface area contributed by atoms with Crippen LogP contribution < -0.4 is 5.32 Å². The van der Waals surface area contributed by atoms with Gasteiger partial charge in [0.05, 0.1) is 6.54 Å². The van der Waals surface area contributed by atoms with Gasteiger partial charge >= 0.3 is 0 Å². The van der Waals surface area contributed by atoms with Crippen molar-refractivity contribution in [2.75, 3.05) is 32.7 Å². The first-order chi connectivity index (χ1) is 5.43. The van der Waals surface area contributed by atoms with Crippen molar-refractivity contribution in [2.24, 2.45) is 0 Å². The molecular formula is C8H16N2O. The lowest BCUT2D eigenvalue weighted by molar-refractivity contribution is -0.107. The average molecular weight is 156 g/mol. The number of aldehydes is 1. The van der Waals surface area contributed by atoms with E-state index in [-0.39, 0.29) is 0 Å². The largest absolute Gasteiger partial charge is 0.309 e. The Bertz CT molecular complexity index is 111. The third-order valence-electron chi connectivity index (χ3n) is 2.03. The van der Waals surface area contributed by atoms with Gasteiger partial charge in [-0.2, -0.15) is 0 Å². The van der Waals surface area contributed by atoms with E-state index in [0.29, 0.717) is 6.54 Å². The van der Waals surface area contributed by atoms with Crippen LogP contribution in [0.3, 0.4) is 0 Å². The number of nitrogens with zero attached hydrogens (tertiary/aromatic N) is 1. The average Bonchev–Trinajstić information content (AvgIpc) is 2.50. The fourth-order valence-electron chi connectivity index (χ4n) is 1.40. The first-order valence-corrected chi connectivity index (χ1v) is 4.30. The Morgan fingerprint density at radius 2 is 2.09 bits per heavy atom. The van der Waals surface area contributed by atoms with E-state index in [1.807, 2.05) is 0 Å². The summed E-state index contributed by atoms with van der Waals surface area (Å²) in [7, 11) is 0. The van der Waals surface area contributed by atoms with Gasteiger partial charge in [0.1, 0.15) is 6.29 Å². The highest BCUT2D eigenvalue weighted by Gasteiger charge is 2.09. The zero-order chi connectivity index (χ0) is 7.94. The SMILES string of the molecule is O=CCNCCN1CCCC1. The molecule has 1 rings (SSSR count). The zero-order valence-corrected chi connectivity index (χ0v) is 6.88. The minimum Gasteiger partial charge on any atom is -0.309 e. The van der Waals surface area contributed by atoms with Crippen LogP contribution in [0.4, 0.5) is 0 Å². The number of likely N-dealkylation sites (tertiary alicyclic amines) is 1. The van der Waals surface area contributed by atoms with Gasteiger partial charge in [0.2, 0.25) is 0 Å². The first-order valence-electron chi connectivity index (χ1n) is 4.30. The molecule has 0 unspecified atom stereocenters. The van der Waals surface area contributed by atoms with E-state index >= 15 is 0 Å². The van der Waals surface area contributed by atoms with Crippen molar-refractivity contribution in [2.45, 2.75) is 12.8 Å². The summed E-state index contributed by atoms with van der Waals surface area (Å²) in [4.78, 5) is 12.4. The minimum atomic E-state index is 0.494. The molecule has 0 amide bonds. The minimum absolute atomic E-state index is 0.494. The topological polar surface area (TPSA) is 32.3 Å². The molecule has 0 aliphatic carbocycles. The fraction of sp³-hybridized carbons (Fsp3) is 0.875. The highest BCUT2D eigenvalue weighted by molar-refractivity contribution is 5.51. The second kappa shape index (κ2) is 5.27. The second-order valence-electron chi connectivity index (χ2n) is 2.92. The van der Waals surface area contributed by atoms with Gasteiger partial charge in [-0.15, -0.1) is 0 Å². The van der Waals surface area contributed by atoms with E-state index in [2.05, 4.69) is 10.2 Å². The van der Waals surface area contributed by atoms with Crippen molar-refractivity contribution in [3.05, 3.63) is 0 Å². The van der Waals surface area contributed by atoms with Gasteiger partial charge in [-0.25, -0.2) is 0 Å². The number of carbonyl (C=O) groups excluding carboxylic acids is 1. The zero-order valence-electron chi connectivity index (χ0n) is 6.88. The van der Waals surface area contributed by atoms with Gasteiger partial charge in [-0.05, 0) is 25.9 Å². The molecule has 1 aliphatic heterocycles. The van der Waals surface area contributed by atoms with E-state index in [1.54, 1.807) is 0 Å². The van der Waals surface area contributed by atoms with E-state index < -0.39 is 0 Å². The molecule has 1 saturated heterocycles. The van der Waals surface area contributed by atoms with Gasteiger partial charge in [-0.1, -0.05) is 0 Å². The quantitative estimate of drug-likeness (QED) is 0.444. The molecule has 1 fully saturated rings. The molecule has 1 aliphatic rings. The standard InChI is InChI=1S/C8H16N2O/c11-8-4-9-3-7-10-5-1-2-6-10/h8-9H,1-7H2. The van der Waals surface area contributed by atoms with E-state index in [4.69, 9.17) is 0 Å². The molecule has 64 valence electrons. The monoisotopic (exact) mass is 156 g/mol. The summed E-state index contributed by atoms with van der Waals surface area (Å²) in [5, 5.41) is 3.05. The van der Waals surface area contributed by atoms with Crippen LogP contribution in [0.25, 0.3) is 0 Å². The molecule has 0 bridgehead atoms. The van der Waals surface area contributed by atoms with Gasteiger partial charge in [0.15, 0.2) is 0 Å². The number of carbonyl (C=O) groups is 1. The fourth-order valence-corrected chi connectivity index (χ4v) is 1.40. The van der Waals surface area contributed by atoms with Crippen molar-refractivity contribution in [1.82, 2.24) is 10.2 Å². The predicted molar refractivity (Wildman–Crippen MR) is 44.6 cm³/mol. The maximum absolute atomic E-state index is 9.92. The molecule has 0 radical (unpaired) electrons. The molecule has 0 aromatic heterocycles. The van der Waals surface area contributed by atoms with Crippen molar-refractivity contribution in [3.63, 3.8) is 0 Å². The Labute approximate surface area is 67.8 Å². The number of rotatable bonds is 5. The number of hydrogen-bond donors (Lipinski definition) is 1. The van der Waals surface area contributed by atoms with Crippen molar-refractivity contribution < 1.29 is 4.79 Å². The lowest BCUT2D eigenvalue weighted by atomic mass is 10.4. The van der Waals surface area contributed by atoms with Crippen LogP contribution in [0.15, 0.2) is 0 Å². The summed E-state index contributed by atoms with van der Waals surface area (Å²) in [6, 6.07) is 0. The Hall–Kier alpha value is -0.410. The molecule has 11 heavy (non-hydrogen) atoms. The van der Waals surface area contributed by atoms with E-state index in [9.17, 15) is 4.79 Å². The second-order valence-corrected chi connectivity index (χ2v) is 2.92. The maximum Gasteiger partial charge on any atom is 0.133 e. The summed E-state index contributed by atoms with van der Waals surface area (Å²) in [5.74, 6) is 0. The first kappa shape index (κ1) is 8.68. The lowest BCUT2D eigenvalue weighted by Gasteiger charge is -2.13. The third-order valence-corrected chi connectivity index (χ3v) is 2.03. The van der Waals surface area contributed by atoms with Crippen LogP contribution >= 0.6 is 0 Å². The molecule has 1 heterocycles. The molecule has 3 nitrogen and oxygen atoms in total. The molecule has 0 spiro atoms. The maximum atomic E-state index is 9.92. The van der Waals surface area contributed by atoms with Crippen LogP contribution in [-0.2, 0) is 4.79 Å². The molecule has 0 aromatic rings. The Balaban J connectivity index is 1.89.